The van der Waals surface area contributed by atoms with Gasteiger partial charge in [0.1, 0.15) is 6.04 Å². The van der Waals surface area contributed by atoms with E-state index in [0.29, 0.717) is 18.9 Å². The summed E-state index contributed by atoms with van der Waals surface area (Å²) >= 11 is 0. The molecule has 1 amide bonds. The predicted octanol–water partition coefficient (Wildman–Crippen LogP) is 1.90. The number of hydrogen-bond acceptors (Lipinski definition) is 5. The van der Waals surface area contributed by atoms with Crippen molar-refractivity contribution in [1.29, 1.82) is 0 Å². The fourth-order valence-electron chi connectivity index (χ4n) is 3.67. The number of nitrogens with zero attached hydrogens (tertiary/aromatic N) is 5. The van der Waals surface area contributed by atoms with Crippen molar-refractivity contribution in [2.75, 3.05) is 6.54 Å². The van der Waals surface area contributed by atoms with Crippen LogP contribution in [0.3, 0.4) is 0 Å². The summed E-state index contributed by atoms with van der Waals surface area (Å²) in [6.07, 6.45) is 2.31. The van der Waals surface area contributed by atoms with Crippen LogP contribution in [0.5, 0.6) is 0 Å². The number of likely N-dealkylation sites (tertiary alicyclic amines) is 1. The van der Waals surface area contributed by atoms with Gasteiger partial charge in [0.05, 0.1) is 12.1 Å². The Bertz CT molecular complexity index is 869. The summed E-state index contributed by atoms with van der Waals surface area (Å²) in [5, 5.41) is 13.9. The molecule has 0 bridgehead atoms. The molecule has 3 rings (SSSR count). The summed E-state index contributed by atoms with van der Waals surface area (Å²) in [5.41, 5.74) is 4.03. The van der Waals surface area contributed by atoms with Crippen molar-refractivity contribution in [3.63, 3.8) is 0 Å². The number of piperidine rings is 1. The molecule has 1 unspecified atom stereocenters. The monoisotopic (exact) mass is 371 g/mol. The third kappa shape index (κ3) is 3.84. The zero-order valence-electron chi connectivity index (χ0n) is 16.2. The average Bonchev–Trinajstić information content (AvgIpc) is 2.89. The zero-order chi connectivity index (χ0) is 19.7. The largest absolute Gasteiger partial charge is 0.480 e. The molecule has 0 spiro atoms. The minimum atomic E-state index is -0.934. The van der Waals surface area contributed by atoms with E-state index in [2.05, 4.69) is 15.1 Å². The molecule has 0 radical (unpaired) electrons. The topological polar surface area (TPSA) is 101 Å². The number of amides is 1. The first kappa shape index (κ1) is 19.0. The Labute approximate surface area is 158 Å². The van der Waals surface area contributed by atoms with Gasteiger partial charge in [0.2, 0.25) is 5.91 Å². The third-order valence-corrected chi connectivity index (χ3v) is 5.04. The number of rotatable bonds is 4. The molecule has 1 fully saturated rings. The molecule has 1 N–H and O–H groups in total. The summed E-state index contributed by atoms with van der Waals surface area (Å²) in [4.78, 5) is 34.7. The molecule has 144 valence electrons. The van der Waals surface area contributed by atoms with Gasteiger partial charge < -0.3 is 10.0 Å². The van der Waals surface area contributed by atoms with E-state index in [9.17, 15) is 14.7 Å². The predicted molar refractivity (Wildman–Crippen MR) is 98.8 cm³/mol. The number of hydrogen-bond donors (Lipinski definition) is 1. The molecule has 0 aromatic carbocycles. The lowest BCUT2D eigenvalue weighted by Crippen LogP contribution is -2.48. The highest BCUT2D eigenvalue weighted by Gasteiger charge is 2.32. The van der Waals surface area contributed by atoms with E-state index in [1.165, 1.54) is 4.90 Å². The number of aromatic nitrogens is 4. The lowest BCUT2D eigenvalue weighted by atomic mass is 10.0. The zero-order valence-corrected chi connectivity index (χ0v) is 16.2. The number of carboxylic acid groups (broad SMARTS) is 1. The Hall–Kier alpha value is -2.77. The van der Waals surface area contributed by atoms with Crippen LogP contribution < -0.4 is 0 Å². The first-order chi connectivity index (χ1) is 12.8. The normalized spacial score (nSPS) is 17.2. The summed E-state index contributed by atoms with van der Waals surface area (Å²) < 4.78 is 1.66. The van der Waals surface area contributed by atoms with Gasteiger partial charge in [-0.25, -0.2) is 19.4 Å². The molecule has 8 nitrogen and oxygen atoms in total. The Morgan fingerprint density at radius 1 is 1.15 bits per heavy atom. The summed E-state index contributed by atoms with van der Waals surface area (Å²) in [6.45, 7) is 8.02. The maximum Gasteiger partial charge on any atom is 0.326 e. The number of carbonyl (C=O) groups is 2. The van der Waals surface area contributed by atoms with Crippen molar-refractivity contribution in [3.8, 4) is 5.95 Å². The minimum absolute atomic E-state index is 0.131. The highest BCUT2D eigenvalue weighted by molar-refractivity contribution is 5.85. The first-order valence-electron chi connectivity index (χ1n) is 9.18. The van der Waals surface area contributed by atoms with Gasteiger partial charge in [0, 0.05) is 29.2 Å². The molecule has 1 aliphatic heterocycles. The van der Waals surface area contributed by atoms with E-state index in [4.69, 9.17) is 0 Å². The number of aliphatic carboxylic acids is 1. The van der Waals surface area contributed by atoms with E-state index in [0.717, 1.165) is 41.2 Å². The smallest absolute Gasteiger partial charge is 0.326 e. The number of carboxylic acids is 1. The lowest BCUT2D eigenvalue weighted by molar-refractivity contribution is -0.151. The minimum Gasteiger partial charge on any atom is -0.480 e. The number of carbonyl (C=O) groups excluding carboxylic acids is 1. The molecule has 27 heavy (non-hydrogen) atoms. The molecule has 1 aliphatic rings. The second-order valence-corrected chi connectivity index (χ2v) is 7.13. The molecule has 1 atom stereocenters. The lowest BCUT2D eigenvalue weighted by Gasteiger charge is -2.33. The first-order valence-corrected chi connectivity index (χ1v) is 9.18. The standard InChI is InChI=1S/C19H25N5O3/c1-11-9-12(2)21-19(20-11)24-14(4)15(13(3)22-24)10-17(25)23-8-6-5-7-16(23)18(26)27/h9,16H,5-8,10H2,1-4H3,(H,26,27). The Kier molecular flexibility index (Phi) is 5.25. The highest BCUT2D eigenvalue weighted by Crippen LogP contribution is 2.22. The Morgan fingerprint density at radius 3 is 2.44 bits per heavy atom. The van der Waals surface area contributed by atoms with E-state index >= 15 is 0 Å². The van der Waals surface area contributed by atoms with Crippen molar-refractivity contribution in [1.82, 2.24) is 24.6 Å². The SMILES string of the molecule is Cc1cc(C)nc(-n2nc(C)c(CC(=O)N3CCCCC3C(=O)O)c2C)n1. The molecule has 2 aromatic rings. The fourth-order valence-corrected chi connectivity index (χ4v) is 3.67. The number of aryl methyl sites for hydroxylation is 3. The molecule has 1 saturated heterocycles. The summed E-state index contributed by atoms with van der Waals surface area (Å²) in [6, 6.07) is 1.16. The molecule has 2 aromatic heterocycles. The van der Waals surface area contributed by atoms with Crippen LogP contribution in [0, 0.1) is 27.7 Å². The van der Waals surface area contributed by atoms with E-state index in [1.54, 1.807) is 4.68 Å². The van der Waals surface area contributed by atoms with Gasteiger partial charge in [-0.2, -0.15) is 5.10 Å². The van der Waals surface area contributed by atoms with E-state index in [1.807, 2.05) is 33.8 Å². The van der Waals surface area contributed by atoms with Crippen LogP contribution in [-0.4, -0.2) is 54.2 Å². The van der Waals surface area contributed by atoms with Crippen LogP contribution in [-0.2, 0) is 16.0 Å². The van der Waals surface area contributed by atoms with Gasteiger partial charge in [0.15, 0.2) is 0 Å². The third-order valence-electron chi connectivity index (χ3n) is 5.04. The van der Waals surface area contributed by atoms with Crippen molar-refractivity contribution in [3.05, 3.63) is 34.4 Å². The van der Waals surface area contributed by atoms with Gasteiger partial charge in [-0.3, -0.25) is 4.79 Å². The van der Waals surface area contributed by atoms with Gasteiger partial charge in [-0.05, 0) is 53.0 Å². The van der Waals surface area contributed by atoms with Crippen LogP contribution in [0.15, 0.2) is 6.07 Å². The van der Waals surface area contributed by atoms with Gasteiger partial charge in [0.25, 0.3) is 5.95 Å². The van der Waals surface area contributed by atoms with Crippen LogP contribution in [0.4, 0.5) is 0 Å². The average molecular weight is 371 g/mol. The second-order valence-electron chi connectivity index (χ2n) is 7.13. The molecule has 0 aliphatic carbocycles. The summed E-state index contributed by atoms with van der Waals surface area (Å²) in [7, 11) is 0. The molecular formula is C19H25N5O3. The van der Waals surface area contributed by atoms with Gasteiger partial charge in [-0.15, -0.1) is 0 Å². The van der Waals surface area contributed by atoms with Gasteiger partial charge in [-0.1, -0.05) is 0 Å². The Morgan fingerprint density at radius 2 is 1.81 bits per heavy atom. The summed E-state index contributed by atoms with van der Waals surface area (Å²) in [5.74, 6) is -0.627. The van der Waals surface area contributed by atoms with Crippen molar-refractivity contribution in [2.45, 2.75) is 59.4 Å². The van der Waals surface area contributed by atoms with Gasteiger partial charge >= 0.3 is 5.97 Å². The highest BCUT2D eigenvalue weighted by atomic mass is 16.4. The van der Waals surface area contributed by atoms with Crippen LogP contribution >= 0.6 is 0 Å². The quantitative estimate of drug-likeness (QED) is 0.881. The van der Waals surface area contributed by atoms with Crippen LogP contribution in [0.25, 0.3) is 5.95 Å². The van der Waals surface area contributed by atoms with E-state index < -0.39 is 12.0 Å². The van der Waals surface area contributed by atoms with Crippen LogP contribution in [0.2, 0.25) is 0 Å². The fraction of sp³-hybridized carbons (Fsp3) is 0.526. The van der Waals surface area contributed by atoms with Crippen molar-refractivity contribution in [2.24, 2.45) is 0 Å². The maximum absolute atomic E-state index is 12.8. The molecule has 0 saturated carbocycles. The Balaban J connectivity index is 1.88. The maximum atomic E-state index is 12.8. The van der Waals surface area contributed by atoms with Crippen molar-refractivity contribution < 1.29 is 14.7 Å². The van der Waals surface area contributed by atoms with Crippen LogP contribution in [0.1, 0.15) is 47.6 Å². The molecular weight excluding hydrogens is 346 g/mol. The second kappa shape index (κ2) is 7.46. The van der Waals surface area contributed by atoms with Crippen molar-refractivity contribution >= 4 is 11.9 Å². The molecule has 8 heteroatoms. The van der Waals surface area contributed by atoms with E-state index in [-0.39, 0.29) is 12.3 Å². The molecule has 3 heterocycles.